The standard InChI is InChI=1S/C27H43NO6/c1-7-30-22(29)16-21(28-19(4)13-11-12-18(2)3)23-24(31-17-20-14-9-8-10-15-20)25-26(32-23)34-27(5,6)33-25/h8-10,14-15,18-19,21,23-26,28H,7,11-13,16-17H2,1-6H3/t19?,21-,23-,24+,25-,26-/m1/s1. The van der Waals surface area contributed by atoms with Crippen molar-refractivity contribution in [3.8, 4) is 0 Å². The van der Waals surface area contributed by atoms with Crippen LogP contribution in [0, 0.1) is 5.92 Å². The van der Waals surface area contributed by atoms with E-state index in [1.807, 2.05) is 51.1 Å². The maximum atomic E-state index is 12.5. The minimum Gasteiger partial charge on any atom is -0.466 e. The Morgan fingerprint density at radius 3 is 2.53 bits per heavy atom. The molecule has 1 aromatic carbocycles. The largest absolute Gasteiger partial charge is 0.466 e. The van der Waals surface area contributed by atoms with Crippen molar-refractivity contribution in [2.45, 2.75) is 116 Å². The number of nitrogens with one attached hydrogen (secondary N) is 1. The van der Waals surface area contributed by atoms with Crippen LogP contribution in [-0.4, -0.2) is 55.0 Å². The van der Waals surface area contributed by atoms with Crippen LogP contribution in [0.3, 0.4) is 0 Å². The zero-order valence-corrected chi connectivity index (χ0v) is 21.6. The molecule has 2 fully saturated rings. The minimum absolute atomic E-state index is 0.195. The van der Waals surface area contributed by atoms with E-state index in [1.165, 1.54) is 6.42 Å². The first-order valence-corrected chi connectivity index (χ1v) is 12.8. The molecule has 0 spiro atoms. The highest BCUT2D eigenvalue weighted by molar-refractivity contribution is 5.70. The number of esters is 1. The van der Waals surface area contributed by atoms with Crippen molar-refractivity contribution in [3.05, 3.63) is 35.9 Å². The van der Waals surface area contributed by atoms with E-state index in [2.05, 4.69) is 26.1 Å². The summed E-state index contributed by atoms with van der Waals surface area (Å²) >= 11 is 0. The summed E-state index contributed by atoms with van der Waals surface area (Å²) < 4.78 is 30.3. The summed E-state index contributed by atoms with van der Waals surface area (Å²) in [6, 6.07) is 9.97. The Balaban J connectivity index is 1.75. The lowest BCUT2D eigenvalue weighted by Gasteiger charge is -2.33. The lowest BCUT2D eigenvalue weighted by molar-refractivity contribution is -0.223. The van der Waals surface area contributed by atoms with E-state index < -0.39 is 18.2 Å². The van der Waals surface area contributed by atoms with Gasteiger partial charge in [0.05, 0.1) is 19.6 Å². The summed E-state index contributed by atoms with van der Waals surface area (Å²) in [6.45, 7) is 13.0. The van der Waals surface area contributed by atoms with Gasteiger partial charge in [0.25, 0.3) is 0 Å². The Morgan fingerprint density at radius 1 is 1.12 bits per heavy atom. The van der Waals surface area contributed by atoms with Crippen molar-refractivity contribution in [2.75, 3.05) is 6.61 Å². The molecule has 0 radical (unpaired) electrons. The van der Waals surface area contributed by atoms with Gasteiger partial charge >= 0.3 is 5.97 Å². The monoisotopic (exact) mass is 477 g/mol. The molecular weight excluding hydrogens is 434 g/mol. The van der Waals surface area contributed by atoms with Crippen LogP contribution in [0.1, 0.15) is 72.8 Å². The van der Waals surface area contributed by atoms with Crippen molar-refractivity contribution in [3.63, 3.8) is 0 Å². The number of carbonyl (C=O) groups excluding carboxylic acids is 1. The normalized spacial score (nSPS) is 27.5. The summed E-state index contributed by atoms with van der Waals surface area (Å²) in [5.41, 5.74) is 1.07. The second-order valence-corrected chi connectivity index (χ2v) is 10.3. The zero-order valence-electron chi connectivity index (χ0n) is 21.6. The molecule has 1 N–H and O–H groups in total. The molecule has 1 aromatic rings. The molecule has 0 aliphatic carbocycles. The van der Waals surface area contributed by atoms with Crippen LogP contribution in [0.4, 0.5) is 0 Å². The van der Waals surface area contributed by atoms with E-state index in [0.29, 0.717) is 19.1 Å². The molecule has 0 bridgehead atoms. The predicted molar refractivity (Wildman–Crippen MR) is 130 cm³/mol. The predicted octanol–water partition coefficient (Wildman–Crippen LogP) is 4.57. The van der Waals surface area contributed by atoms with E-state index in [-0.39, 0.29) is 36.7 Å². The molecule has 0 amide bonds. The number of rotatable bonds is 13. The van der Waals surface area contributed by atoms with Crippen LogP contribution >= 0.6 is 0 Å². The van der Waals surface area contributed by atoms with E-state index in [4.69, 9.17) is 23.7 Å². The van der Waals surface area contributed by atoms with Gasteiger partial charge in [-0.2, -0.15) is 0 Å². The van der Waals surface area contributed by atoms with Gasteiger partial charge in [-0.05, 0) is 45.6 Å². The van der Waals surface area contributed by atoms with E-state index in [1.54, 1.807) is 0 Å². The molecule has 2 saturated heterocycles. The van der Waals surface area contributed by atoms with Gasteiger partial charge in [0.1, 0.15) is 18.3 Å². The highest BCUT2D eigenvalue weighted by Crippen LogP contribution is 2.40. The first-order chi connectivity index (χ1) is 16.2. The topological polar surface area (TPSA) is 75.3 Å². The Kier molecular flexibility index (Phi) is 9.92. The fourth-order valence-electron chi connectivity index (χ4n) is 4.73. The average Bonchev–Trinajstić information content (AvgIpc) is 3.24. The summed E-state index contributed by atoms with van der Waals surface area (Å²) in [7, 11) is 0. The van der Waals surface area contributed by atoms with Crippen molar-refractivity contribution >= 4 is 5.97 Å². The zero-order chi connectivity index (χ0) is 24.7. The molecular formula is C27H43NO6. The number of carbonyl (C=O) groups is 1. The molecule has 0 saturated carbocycles. The van der Waals surface area contributed by atoms with Crippen molar-refractivity contribution in [1.82, 2.24) is 5.32 Å². The first-order valence-electron chi connectivity index (χ1n) is 12.8. The first kappa shape index (κ1) is 27.1. The molecule has 6 atom stereocenters. The van der Waals surface area contributed by atoms with Gasteiger partial charge < -0.3 is 29.0 Å². The Labute approximate surface area is 204 Å². The molecule has 1 unspecified atom stereocenters. The van der Waals surface area contributed by atoms with E-state index >= 15 is 0 Å². The molecule has 2 heterocycles. The number of hydrogen-bond donors (Lipinski definition) is 1. The van der Waals surface area contributed by atoms with E-state index in [0.717, 1.165) is 18.4 Å². The smallest absolute Gasteiger partial charge is 0.307 e. The highest BCUT2D eigenvalue weighted by Gasteiger charge is 2.57. The maximum absolute atomic E-state index is 12.5. The molecule has 2 aliphatic heterocycles. The average molecular weight is 478 g/mol. The fraction of sp³-hybridized carbons (Fsp3) is 0.741. The second kappa shape index (κ2) is 12.5. The Morgan fingerprint density at radius 2 is 1.85 bits per heavy atom. The SMILES string of the molecule is CCOC(=O)C[C@@H](NC(C)CCCC(C)C)[C@H]1O[C@@H]2OC(C)(C)O[C@@H]2[C@H]1OCc1ccccc1. The third-order valence-electron chi connectivity index (χ3n) is 6.32. The Bertz CT molecular complexity index is 755. The van der Waals surface area contributed by atoms with Crippen LogP contribution in [0.2, 0.25) is 0 Å². The Hall–Kier alpha value is -1.51. The quantitative estimate of drug-likeness (QED) is 0.417. The third kappa shape index (κ3) is 7.75. The van der Waals surface area contributed by atoms with Gasteiger partial charge in [0, 0.05) is 12.1 Å². The van der Waals surface area contributed by atoms with Crippen molar-refractivity contribution in [2.24, 2.45) is 5.92 Å². The van der Waals surface area contributed by atoms with Gasteiger partial charge in [-0.15, -0.1) is 0 Å². The van der Waals surface area contributed by atoms with Gasteiger partial charge in [0.2, 0.25) is 0 Å². The van der Waals surface area contributed by atoms with Gasteiger partial charge in [-0.1, -0.05) is 57.0 Å². The van der Waals surface area contributed by atoms with Gasteiger partial charge in [0.15, 0.2) is 12.1 Å². The second-order valence-electron chi connectivity index (χ2n) is 10.3. The molecule has 0 aromatic heterocycles. The maximum Gasteiger partial charge on any atom is 0.307 e. The van der Waals surface area contributed by atoms with Crippen LogP contribution in [0.5, 0.6) is 0 Å². The van der Waals surface area contributed by atoms with Crippen molar-refractivity contribution in [1.29, 1.82) is 0 Å². The van der Waals surface area contributed by atoms with Crippen LogP contribution in [0.15, 0.2) is 30.3 Å². The van der Waals surface area contributed by atoms with Crippen molar-refractivity contribution < 1.29 is 28.5 Å². The van der Waals surface area contributed by atoms with Crippen LogP contribution < -0.4 is 5.32 Å². The summed E-state index contributed by atoms with van der Waals surface area (Å²) in [5, 5.41) is 3.64. The molecule has 192 valence electrons. The molecule has 34 heavy (non-hydrogen) atoms. The third-order valence-corrected chi connectivity index (χ3v) is 6.32. The number of ether oxygens (including phenoxy) is 5. The summed E-state index contributed by atoms with van der Waals surface area (Å²) in [4.78, 5) is 12.5. The molecule has 2 aliphatic rings. The summed E-state index contributed by atoms with van der Waals surface area (Å²) in [5.74, 6) is -0.324. The lowest BCUT2D eigenvalue weighted by atomic mass is 9.98. The fourth-order valence-corrected chi connectivity index (χ4v) is 4.73. The number of benzene rings is 1. The number of hydrogen-bond acceptors (Lipinski definition) is 7. The molecule has 7 heteroatoms. The molecule has 3 rings (SSSR count). The van der Waals surface area contributed by atoms with Crippen LogP contribution in [-0.2, 0) is 35.1 Å². The van der Waals surface area contributed by atoms with Gasteiger partial charge in [-0.3, -0.25) is 4.79 Å². The lowest BCUT2D eigenvalue weighted by Crippen LogP contribution is -2.52. The highest BCUT2D eigenvalue weighted by atomic mass is 16.8. The number of fused-ring (bicyclic) bond motifs is 1. The van der Waals surface area contributed by atoms with E-state index in [9.17, 15) is 4.79 Å². The molecule has 7 nitrogen and oxygen atoms in total. The van der Waals surface area contributed by atoms with Gasteiger partial charge in [-0.25, -0.2) is 0 Å². The van der Waals surface area contributed by atoms with Crippen LogP contribution in [0.25, 0.3) is 0 Å². The minimum atomic E-state index is -0.747. The summed E-state index contributed by atoms with van der Waals surface area (Å²) in [6.07, 6.45) is 1.82.